The molecule has 0 unspecified atom stereocenters. The Hall–Kier alpha value is -2.83. The van der Waals surface area contributed by atoms with Gasteiger partial charge in [-0.2, -0.15) is 4.73 Å². The van der Waals surface area contributed by atoms with Gasteiger partial charge in [-0.1, -0.05) is 48.0 Å². The van der Waals surface area contributed by atoms with Gasteiger partial charge < -0.3 is 10.0 Å². The molecule has 5 nitrogen and oxygen atoms in total. The summed E-state index contributed by atoms with van der Waals surface area (Å²) in [7, 11) is 0. The molecular formula is C19H13ClN2O3S. The third-order valence-electron chi connectivity index (χ3n) is 3.97. The highest BCUT2D eigenvalue weighted by molar-refractivity contribution is 7.13. The largest absolute Gasteiger partial charge is 0.618 e. The van der Waals surface area contributed by atoms with E-state index in [1.165, 1.54) is 16.1 Å². The first-order chi connectivity index (χ1) is 12.7. The molecule has 0 fully saturated rings. The van der Waals surface area contributed by atoms with Crippen molar-refractivity contribution in [2.24, 2.45) is 0 Å². The van der Waals surface area contributed by atoms with Crippen molar-refractivity contribution in [1.82, 2.24) is 4.73 Å². The predicted molar refractivity (Wildman–Crippen MR) is 102 cm³/mol. The molecule has 4 aromatic rings. The second-order valence-corrected chi connectivity index (χ2v) is 6.93. The third kappa shape index (κ3) is 2.83. The van der Waals surface area contributed by atoms with E-state index in [9.17, 15) is 10.0 Å². The molecule has 0 saturated heterocycles. The number of para-hydroxylation sites is 2. The molecule has 0 aliphatic rings. The van der Waals surface area contributed by atoms with Crippen LogP contribution in [0.2, 0.25) is 5.02 Å². The zero-order chi connectivity index (χ0) is 18.1. The van der Waals surface area contributed by atoms with Crippen LogP contribution in [0.4, 0.5) is 0 Å². The fourth-order valence-corrected chi connectivity index (χ4v) is 3.65. The summed E-state index contributed by atoms with van der Waals surface area (Å²) in [6.45, 7) is 0.107. The van der Waals surface area contributed by atoms with Crippen LogP contribution in [0.15, 0.2) is 70.8 Å². The number of benzene rings is 2. The SMILES string of the molecule is O=c1c(-c2cccs2)[n+]([O-])c2ccccc2n1OCc1ccccc1Cl. The monoisotopic (exact) mass is 384 g/mol. The molecule has 0 bridgehead atoms. The van der Waals surface area contributed by atoms with Crippen molar-refractivity contribution in [2.45, 2.75) is 6.61 Å². The van der Waals surface area contributed by atoms with Crippen molar-refractivity contribution in [3.8, 4) is 10.6 Å². The summed E-state index contributed by atoms with van der Waals surface area (Å²) >= 11 is 7.49. The average Bonchev–Trinajstić information content (AvgIpc) is 3.17. The number of rotatable bonds is 4. The fraction of sp³-hybridized carbons (Fsp3) is 0.0526. The first kappa shape index (κ1) is 16.6. The van der Waals surface area contributed by atoms with Gasteiger partial charge in [0.2, 0.25) is 5.52 Å². The van der Waals surface area contributed by atoms with Crippen molar-refractivity contribution in [1.29, 1.82) is 0 Å². The highest BCUT2D eigenvalue weighted by Gasteiger charge is 2.24. The van der Waals surface area contributed by atoms with E-state index >= 15 is 0 Å². The molecule has 2 aromatic heterocycles. The van der Waals surface area contributed by atoms with E-state index in [1.807, 2.05) is 23.6 Å². The van der Waals surface area contributed by atoms with Gasteiger partial charge in [-0.05, 0) is 23.6 Å². The van der Waals surface area contributed by atoms with E-state index in [0.29, 0.717) is 25.7 Å². The second kappa shape index (κ2) is 6.82. The molecule has 130 valence electrons. The van der Waals surface area contributed by atoms with Gasteiger partial charge in [0, 0.05) is 16.7 Å². The van der Waals surface area contributed by atoms with Crippen LogP contribution < -0.4 is 15.1 Å². The second-order valence-electron chi connectivity index (χ2n) is 5.57. The molecule has 0 saturated carbocycles. The molecule has 2 aromatic carbocycles. The Kier molecular flexibility index (Phi) is 4.36. The zero-order valence-electron chi connectivity index (χ0n) is 13.5. The molecule has 7 heteroatoms. The fourth-order valence-electron chi connectivity index (χ4n) is 2.72. The van der Waals surface area contributed by atoms with Gasteiger partial charge in [0.25, 0.3) is 0 Å². The number of thiophene rings is 1. The van der Waals surface area contributed by atoms with Gasteiger partial charge in [0.05, 0.1) is 0 Å². The molecule has 0 N–H and O–H groups in total. The summed E-state index contributed by atoms with van der Waals surface area (Å²) in [5, 5.41) is 15.1. The molecule has 0 radical (unpaired) electrons. The van der Waals surface area contributed by atoms with Crippen molar-refractivity contribution in [2.75, 3.05) is 0 Å². The molecule has 0 aliphatic heterocycles. The van der Waals surface area contributed by atoms with Gasteiger partial charge >= 0.3 is 11.3 Å². The summed E-state index contributed by atoms with van der Waals surface area (Å²) in [6.07, 6.45) is 0. The van der Waals surface area contributed by atoms with Crippen LogP contribution in [0.1, 0.15) is 5.56 Å². The maximum absolute atomic E-state index is 13.0. The van der Waals surface area contributed by atoms with Crippen molar-refractivity contribution >= 4 is 34.0 Å². The van der Waals surface area contributed by atoms with Gasteiger partial charge in [-0.25, -0.2) is 0 Å². The maximum atomic E-state index is 13.0. The Balaban J connectivity index is 1.88. The van der Waals surface area contributed by atoms with Crippen molar-refractivity contribution in [3.63, 3.8) is 0 Å². The van der Waals surface area contributed by atoms with E-state index in [0.717, 1.165) is 5.56 Å². The van der Waals surface area contributed by atoms with Crippen LogP contribution in [-0.4, -0.2) is 4.73 Å². The number of halogens is 1. The molecule has 26 heavy (non-hydrogen) atoms. The number of aromatic nitrogens is 2. The van der Waals surface area contributed by atoms with Gasteiger partial charge in [0.15, 0.2) is 5.52 Å². The van der Waals surface area contributed by atoms with Crippen molar-refractivity contribution < 1.29 is 9.57 Å². The van der Waals surface area contributed by atoms with Gasteiger partial charge in [0.1, 0.15) is 11.5 Å². The first-order valence-electron chi connectivity index (χ1n) is 7.84. The van der Waals surface area contributed by atoms with Crippen LogP contribution in [0, 0.1) is 5.21 Å². The number of nitrogens with zero attached hydrogens (tertiary/aromatic N) is 2. The minimum Gasteiger partial charge on any atom is -0.618 e. The molecule has 4 rings (SSSR count). The van der Waals surface area contributed by atoms with E-state index in [2.05, 4.69) is 0 Å². The van der Waals surface area contributed by atoms with Crippen LogP contribution in [0.5, 0.6) is 0 Å². The molecule has 2 heterocycles. The van der Waals surface area contributed by atoms with Gasteiger partial charge in [-0.15, -0.1) is 16.1 Å². The highest BCUT2D eigenvalue weighted by Crippen LogP contribution is 2.21. The van der Waals surface area contributed by atoms with Crippen LogP contribution >= 0.6 is 22.9 Å². The summed E-state index contributed by atoms with van der Waals surface area (Å²) in [5.74, 6) is 0. The highest BCUT2D eigenvalue weighted by atomic mass is 35.5. The lowest BCUT2D eigenvalue weighted by atomic mass is 10.2. The maximum Gasteiger partial charge on any atom is 0.358 e. The van der Waals surface area contributed by atoms with Gasteiger partial charge in [-0.3, -0.25) is 4.79 Å². The lowest BCUT2D eigenvalue weighted by Gasteiger charge is -2.14. The Morgan fingerprint density at radius 1 is 1.08 bits per heavy atom. The smallest absolute Gasteiger partial charge is 0.358 e. The zero-order valence-corrected chi connectivity index (χ0v) is 15.0. The Bertz CT molecular complexity index is 1140. The lowest BCUT2D eigenvalue weighted by Crippen LogP contribution is -2.42. The molecule has 0 atom stereocenters. The summed E-state index contributed by atoms with van der Waals surface area (Å²) in [6, 6.07) is 17.6. The molecule has 0 aliphatic carbocycles. The normalized spacial score (nSPS) is 11.0. The minimum atomic E-state index is -0.506. The van der Waals surface area contributed by atoms with E-state index in [-0.39, 0.29) is 12.3 Å². The average molecular weight is 385 g/mol. The first-order valence-corrected chi connectivity index (χ1v) is 9.10. The third-order valence-corrected chi connectivity index (χ3v) is 5.22. The standard InChI is InChI=1S/C19H13ClN2O3S/c20-14-7-2-1-6-13(14)12-25-22-16-9-4-3-8-15(16)21(24)18(19(22)23)17-10-5-11-26-17/h1-11H,12H2. The van der Waals surface area contributed by atoms with E-state index in [1.54, 1.807) is 42.5 Å². The van der Waals surface area contributed by atoms with Crippen molar-refractivity contribution in [3.05, 3.63) is 92.2 Å². The Morgan fingerprint density at radius 2 is 1.85 bits per heavy atom. The number of hydrogen-bond donors (Lipinski definition) is 0. The molecule has 0 spiro atoms. The minimum absolute atomic E-state index is 0.0397. The lowest BCUT2D eigenvalue weighted by molar-refractivity contribution is -0.566. The topological polar surface area (TPSA) is 58.2 Å². The Labute approximate surface area is 157 Å². The van der Waals surface area contributed by atoms with Crippen LogP contribution in [0.3, 0.4) is 0 Å². The Morgan fingerprint density at radius 3 is 2.62 bits per heavy atom. The predicted octanol–water partition coefficient (Wildman–Crippen LogP) is 3.65. The molecule has 0 amide bonds. The summed E-state index contributed by atoms with van der Waals surface area (Å²) < 4.78 is 1.83. The molecular weight excluding hydrogens is 372 g/mol. The number of hydrogen-bond acceptors (Lipinski definition) is 4. The van der Waals surface area contributed by atoms with Crippen LogP contribution in [0.25, 0.3) is 21.6 Å². The van der Waals surface area contributed by atoms with Crippen LogP contribution in [-0.2, 0) is 6.61 Å². The quantitative estimate of drug-likeness (QED) is 0.398. The van der Waals surface area contributed by atoms with E-state index in [4.69, 9.17) is 16.4 Å². The summed E-state index contributed by atoms with van der Waals surface area (Å²) in [5.41, 5.74) is 1.04. The summed E-state index contributed by atoms with van der Waals surface area (Å²) in [4.78, 5) is 19.4. The number of fused-ring (bicyclic) bond motifs is 1. The van der Waals surface area contributed by atoms with E-state index < -0.39 is 5.56 Å².